The zero-order valence-corrected chi connectivity index (χ0v) is 11.5. The first kappa shape index (κ1) is 15.1. The lowest BCUT2D eigenvalue weighted by Crippen LogP contribution is -2.25. The lowest BCUT2D eigenvalue weighted by molar-refractivity contribution is -0.131. The van der Waals surface area contributed by atoms with Crippen LogP contribution in [-0.2, 0) is 4.79 Å². The Kier molecular flexibility index (Phi) is 5.98. The Hall–Kier alpha value is -1.92. The normalized spacial score (nSPS) is 10.4. The Labute approximate surface area is 118 Å². The van der Waals surface area contributed by atoms with Crippen LogP contribution in [0.25, 0.3) is 6.08 Å². The summed E-state index contributed by atoms with van der Waals surface area (Å²) in [6.45, 7) is 3.31. The number of terminal acetylenes is 1. The van der Waals surface area contributed by atoms with Crippen molar-refractivity contribution >= 4 is 29.3 Å². The van der Waals surface area contributed by atoms with Crippen molar-refractivity contribution < 1.29 is 9.90 Å². The van der Waals surface area contributed by atoms with E-state index in [2.05, 4.69) is 12.8 Å². The first-order chi connectivity index (χ1) is 9.08. The van der Waals surface area contributed by atoms with Gasteiger partial charge in [0.25, 0.3) is 0 Å². The van der Waals surface area contributed by atoms with E-state index in [1.165, 1.54) is 0 Å². The Morgan fingerprint density at radius 2 is 2.32 bits per heavy atom. The topological polar surface area (TPSA) is 40.5 Å². The monoisotopic (exact) mass is 277 g/mol. The molecule has 0 bridgehead atoms. The zero-order chi connectivity index (χ0) is 14.3. The van der Waals surface area contributed by atoms with E-state index in [1.807, 2.05) is 4.90 Å². The predicted octanol–water partition coefficient (Wildman–Crippen LogP) is 3.29. The van der Waals surface area contributed by atoms with Crippen LogP contribution in [0.15, 0.2) is 24.3 Å². The molecule has 0 spiro atoms. The second kappa shape index (κ2) is 7.50. The number of rotatable bonds is 6. The maximum Gasteiger partial charge on any atom is 0.328 e. The molecule has 0 saturated heterocycles. The van der Waals surface area contributed by atoms with Gasteiger partial charge in [-0.2, -0.15) is 0 Å². The van der Waals surface area contributed by atoms with Crippen LogP contribution < -0.4 is 4.90 Å². The molecule has 0 heterocycles. The van der Waals surface area contributed by atoms with E-state index in [-0.39, 0.29) is 0 Å². The number of carboxylic acids is 1. The van der Waals surface area contributed by atoms with Crippen LogP contribution in [0, 0.1) is 12.3 Å². The van der Waals surface area contributed by atoms with E-state index in [9.17, 15) is 4.79 Å². The summed E-state index contributed by atoms with van der Waals surface area (Å²) >= 11 is 6.01. The largest absolute Gasteiger partial charge is 0.478 e. The third-order valence-electron chi connectivity index (χ3n) is 2.51. The number of nitrogens with zero attached hydrogens (tertiary/aromatic N) is 1. The molecule has 1 aromatic carbocycles. The highest BCUT2D eigenvalue weighted by molar-refractivity contribution is 6.31. The second-order valence-corrected chi connectivity index (χ2v) is 4.44. The first-order valence-electron chi connectivity index (χ1n) is 5.97. The van der Waals surface area contributed by atoms with Crippen LogP contribution in [0.1, 0.15) is 18.9 Å². The Morgan fingerprint density at radius 3 is 2.89 bits per heavy atom. The van der Waals surface area contributed by atoms with Gasteiger partial charge in [0.1, 0.15) is 0 Å². The molecule has 1 aromatic rings. The molecule has 3 nitrogen and oxygen atoms in total. The van der Waals surface area contributed by atoms with E-state index in [1.54, 1.807) is 24.3 Å². The molecule has 0 aliphatic rings. The van der Waals surface area contributed by atoms with E-state index in [4.69, 9.17) is 23.1 Å². The maximum absolute atomic E-state index is 10.6. The van der Waals surface area contributed by atoms with Gasteiger partial charge in [-0.05, 0) is 30.2 Å². The van der Waals surface area contributed by atoms with Crippen molar-refractivity contribution in [3.63, 3.8) is 0 Å². The van der Waals surface area contributed by atoms with E-state index < -0.39 is 5.97 Å². The number of benzene rings is 1. The van der Waals surface area contributed by atoms with Crippen LogP contribution in [-0.4, -0.2) is 24.2 Å². The van der Waals surface area contributed by atoms with Gasteiger partial charge in [0.15, 0.2) is 0 Å². The molecular weight excluding hydrogens is 262 g/mol. The predicted molar refractivity (Wildman–Crippen MR) is 79.5 cm³/mol. The van der Waals surface area contributed by atoms with Crippen molar-refractivity contribution in [3.8, 4) is 12.3 Å². The van der Waals surface area contributed by atoms with Gasteiger partial charge in [-0.1, -0.05) is 30.5 Å². The summed E-state index contributed by atoms with van der Waals surface area (Å²) in [5.74, 6) is 1.62. The molecule has 0 unspecified atom stereocenters. The highest BCUT2D eigenvalue weighted by atomic mass is 35.5. The summed E-state index contributed by atoms with van der Waals surface area (Å²) in [4.78, 5) is 12.6. The SMILES string of the molecule is C#CCN(CCC)c1cc(Cl)ccc1/C=C/C(=O)O. The van der Waals surface area contributed by atoms with Gasteiger partial charge in [-0.3, -0.25) is 0 Å². The quantitative estimate of drug-likeness (QED) is 0.641. The fourth-order valence-corrected chi connectivity index (χ4v) is 1.92. The molecule has 0 saturated carbocycles. The van der Waals surface area contributed by atoms with E-state index >= 15 is 0 Å². The second-order valence-electron chi connectivity index (χ2n) is 4.00. The standard InChI is InChI=1S/C15H16ClNO2/c1-3-9-17(10-4-2)14-11-13(16)7-5-12(14)6-8-15(18)19/h1,5-8,11H,4,9-10H2,2H3,(H,18,19)/b8-6+. The van der Waals surface area contributed by atoms with Gasteiger partial charge in [0.2, 0.25) is 0 Å². The molecule has 0 aliphatic carbocycles. The van der Waals surface area contributed by atoms with Crippen molar-refractivity contribution in [1.82, 2.24) is 0 Å². The highest BCUT2D eigenvalue weighted by Crippen LogP contribution is 2.26. The zero-order valence-electron chi connectivity index (χ0n) is 10.8. The first-order valence-corrected chi connectivity index (χ1v) is 6.35. The summed E-state index contributed by atoms with van der Waals surface area (Å²) in [6, 6.07) is 5.32. The third kappa shape index (κ3) is 4.69. The summed E-state index contributed by atoms with van der Waals surface area (Å²) in [5, 5.41) is 9.30. The molecule has 0 aromatic heterocycles. The molecule has 19 heavy (non-hydrogen) atoms. The van der Waals surface area contributed by atoms with Crippen molar-refractivity contribution in [2.75, 3.05) is 18.0 Å². The Morgan fingerprint density at radius 1 is 1.58 bits per heavy atom. The lowest BCUT2D eigenvalue weighted by atomic mass is 10.1. The molecule has 0 amide bonds. The van der Waals surface area contributed by atoms with Crippen molar-refractivity contribution in [2.24, 2.45) is 0 Å². The minimum absolute atomic E-state index is 0.460. The van der Waals surface area contributed by atoms with Gasteiger partial charge in [0, 0.05) is 23.3 Å². The van der Waals surface area contributed by atoms with E-state index in [0.29, 0.717) is 11.6 Å². The average Bonchev–Trinajstić information content (AvgIpc) is 2.37. The van der Waals surface area contributed by atoms with Crippen LogP contribution in [0.4, 0.5) is 5.69 Å². The van der Waals surface area contributed by atoms with E-state index in [0.717, 1.165) is 30.3 Å². The minimum Gasteiger partial charge on any atom is -0.478 e. The molecular formula is C15H16ClNO2. The Balaban J connectivity index is 3.17. The number of carboxylic acid groups (broad SMARTS) is 1. The summed E-state index contributed by atoms with van der Waals surface area (Å²) in [7, 11) is 0. The molecule has 4 heteroatoms. The van der Waals surface area contributed by atoms with Gasteiger partial charge < -0.3 is 10.0 Å². The number of aliphatic carboxylic acids is 1. The number of carbonyl (C=O) groups is 1. The number of hydrogen-bond donors (Lipinski definition) is 1. The number of anilines is 1. The van der Waals surface area contributed by atoms with Crippen molar-refractivity contribution in [2.45, 2.75) is 13.3 Å². The van der Waals surface area contributed by atoms with Gasteiger partial charge in [0.05, 0.1) is 6.54 Å². The fourth-order valence-electron chi connectivity index (χ4n) is 1.76. The van der Waals surface area contributed by atoms with Crippen molar-refractivity contribution in [1.29, 1.82) is 0 Å². The molecule has 0 fully saturated rings. The van der Waals surface area contributed by atoms with Gasteiger partial charge in [-0.25, -0.2) is 4.79 Å². The average molecular weight is 278 g/mol. The summed E-state index contributed by atoms with van der Waals surface area (Å²) in [6.07, 6.45) is 8.96. The fraction of sp³-hybridized carbons (Fsp3) is 0.267. The molecule has 0 atom stereocenters. The molecule has 0 aliphatic heterocycles. The molecule has 100 valence electrons. The summed E-state index contributed by atoms with van der Waals surface area (Å²) < 4.78 is 0. The van der Waals surface area contributed by atoms with Crippen LogP contribution in [0.5, 0.6) is 0 Å². The summed E-state index contributed by atoms with van der Waals surface area (Å²) in [5.41, 5.74) is 1.64. The smallest absolute Gasteiger partial charge is 0.328 e. The van der Waals surface area contributed by atoms with Gasteiger partial charge in [-0.15, -0.1) is 6.42 Å². The van der Waals surface area contributed by atoms with Gasteiger partial charge >= 0.3 is 5.97 Å². The maximum atomic E-state index is 10.6. The number of halogens is 1. The molecule has 1 N–H and O–H groups in total. The van der Waals surface area contributed by atoms with Crippen LogP contribution in [0.2, 0.25) is 5.02 Å². The highest BCUT2D eigenvalue weighted by Gasteiger charge is 2.09. The number of hydrogen-bond acceptors (Lipinski definition) is 2. The van der Waals surface area contributed by atoms with Crippen LogP contribution in [0.3, 0.4) is 0 Å². The minimum atomic E-state index is -0.986. The van der Waals surface area contributed by atoms with Crippen molar-refractivity contribution in [3.05, 3.63) is 34.9 Å². The molecule has 1 rings (SSSR count). The van der Waals surface area contributed by atoms with Crippen LogP contribution >= 0.6 is 11.6 Å². The third-order valence-corrected chi connectivity index (χ3v) is 2.75. The lowest BCUT2D eigenvalue weighted by Gasteiger charge is -2.24. The molecule has 0 radical (unpaired) electrons. The Bertz CT molecular complexity index is 517.